The molecule has 0 heterocycles. The van der Waals surface area contributed by atoms with Crippen molar-refractivity contribution in [3.63, 3.8) is 0 Å². The number of hydrogen-bond donors (Lipinski definition) is 2. The van der Waals surface area contributed by atoms with E-state index in [4.69, 9.17) is 4.74 Å². The maximum Gasteiger partial charge on any atom is 0.411 e. The molecule has 0 bridgehead atoms. The van der Waals surface area contributed by atoms with Crippen LogP contribution >= 0.6 is 0 Å². The number of hydrogen-bond acceptors (Lipinski definition) is 4. The third-order valence-electron chi connectivity index (χ3n) is 6.08. The van der Waals surface area contributed by atoms with Gasteiger partial charge in [0.05, 0.1) is 0 Å². The second-order valence-electron chi connectivity index (χ2n) is 9.29. The van der Waals surface area contributed by atoms with Gasteiger partial charge in [-0.15, -0.1) is 0 Å². The number of aliphatic carboxylic acids is 2. The van der Waals surface area contributed by atoms with E-state index in [-0.39, 0.29) is 13.0 Å². The largest absolute Gasteiger partial charge is 0.479 e. The number of carbonyl (C=O) groups excluding carboxylic acids is 1. The van der Waals surface area contributed by atoms with Gasteiger partial charge in [0.1, 0.15) is 5.60 Å². The molecular formula is C27H31NO6. The molecule has 0 fully saturated rings. The average Bonchev–Trinajstić information content (AvgIpc) is 2.76. The van der Waals surface area contributed by atoms with Gasteiger partial charge in [0, 0.05) is 12.5 Å². The SMILES string of the molecule is CCC(c1c2ccccc2cc2ccccc12)C(C(=O)O)(C(=O)O)N(CC)C(=O)OC(C)(C)C. The van der Waals surface area contributed by atoms with E-state index in [1.165, 1.54) is 0 Å². The summed E-state index contributed by atoms with van der Waals surface area (Å²) in [6.07, 6.45) is -0.821. The number of rotatable bonds is 7. The van der Waals surface area contributed by atoms with E-state index in [1.807, 2.05) is 54.6 Å². The standard InChI is InChI=1S/C27H31NO6/c1-6-21(22-19-14-10-8-12-17(19)16-18-13-9-11-15-20(18)22)27(23(29)30,24(31)32)28(7-2)25(33)34-26(3,4)5/h8-16,21H,6-7H2,1-5H3,(H,29,30)(H,31,32). The maximum atomic E-state index is 13.2. The molecule has 3 aromatic carbocycles. The number of amides is 1. The number of carboxylic acids is 2. The Morgan fingerprint density at radius 3 is 1.74 bits per heavy atom. The zero-order chi connectivity index (χ0) is 25.3. The molecule has 7 nitrogen and oxygen atoms in total. The van der Waals surface area contributed by atoms with Crippen LogP contribution in [-0.2, 0) is 14.3 Å². The van der Waals surface area contributed by atoms with Crippen molar-refractivity contribution >= 4 is 39.6 Å². The number of carboxylic acid groups (broad SMARTS) is 2. The highest BCUT2D eigenvalue weighted by molar-refractivity contribution is 6.10. The molecule has 0 saturated carbocycles. The van der Waals surface area contributed by atoms with Crippen molar-refractivity contribution in [2.75, 3.05) is 6.54 Å². The third kappa shape index (κ3) is 4.18. The van der Waals surface area contributed by atoms with Gasteiger partial charge in [-0.05, 0) is 67.3 Å². The highest BCUT2D eigenvalue weighted by atomic mass is 16.6. The third-order valence-corrected chi connectivity index (χ3v) is 6.08. The van der Waals surface area contributed by atoms with Gasteiger partial charge in [-0.25, -0.2) is 14.4 Å². The summed E-state index contributed by atoms with van der Waals surface area (Å²) in [5.74, 6) is -4.29. The highest BCUT2D eigenvalue weighted by Crippen LogP contribution is 2.44. The van der Waals surface area contributed by atoms with Crippen LogP contribution in [0.25, 0.3) is 21.5 Å². The molecule has 0 saturated heterocycles. The number of nitrogens with zero attached hydrogens (tertiary/aromatic N) is 1. The van der Waals surface area contributed by atoms with Crippen molar-refractivity contribution in [3.8, 4) is 0 Å². The first-order chi connectivity index (χ1) is 16.0. The lowest BCUT2D eigenvalue weighted by atomic mass is 9.73. The lowest BCUT2D eigenvalue weighted by molar-refractivity contribution is -0.169. The lowest BCUT2D eigenvalue weighted by Gasteiger charge is -2.42. The summed E-state index contributed by atoms with van der Waals surface area (Å²) >= 11 is 0. The molecule has 2 N–H and O–H groups in total. The Kier molecular flexibility index (Phi) is 6.87. The predicted octanol–water partition coefficient (Wildman–Crippen LogP) is 5.65. The van der Waals surface area contributed by atoms with Gasteiger partial charge in [-0.1, -0.05) is 55.5 Å². The van der Waals surface area contributed by atoms with Crippen LogP contribution in [0, 0.1) is 0 Å². The molecule has 0 aliphatic carbocycles. The van der Waals surface area contributed by atoms with Gasteiger partial charge >= 0.3 is 18.0 Å². The van der Waals surface area contributed by atoms with Crippen LogP contribution in [-0.4, -0.2) is 50.8 Å². The minimum Gasteiger partial charge on any atom is -0.479 e. The van der Waals surface area contributed by atoms with Crippen LogP contribution in [0.4, 0.5) is 4.79 Å². The molecule has 0 radical (unpaired) electrons. The van der Waals surface area contributed by atoms with Gasteiger partial charge in [-0.2, -0.15) is 0 Å². The van der Waals surface area contributed by atoms with E-state index < -0.39 is 35.1 Å². The van der Waals surface area contributed by atoms with Gasteiger partial charge in [0.2, 0.25) is 5.54 Å². The quantitative estimate of drug-likeness (QED) is 0.345. The highest BCUT2D eigenvalue weighted by Gasteiger charge is 2.60. The Bertz CT molecular complexity index is 1170. The number of ether oxygens (including phenoxy) is 1. The molecule has 0 aliphatic rings. The number of fused-ring (bicyclic) bond motifs is 2. The zero-order valence-electron chi connectivity index (χ0n) is 20.2. The minimum absolute atomic E-state index is 0.160. The van der Waals surface area contributed by atoms with E-state index in [0.717, 1.165) is 26.4 Å². The molecule has 180 valence electrons. The first-order valence-corrected chi connectivity index (χ1v) is 11.4. The summed E-state index contributed by atoms with van der Waals surface area (Å²) < 4.78 is 5.46. The molecule has 0 spiro atoms. The van der Waals surface area contributed by atoms with E-state index in [0.29, 0.717) is 5.56 Å². The van der Waals surface area contributed by atoms with Crippen LogP contribution in [0.3, 0.4) is 0 Å². The van der Waals surface area contributed by atoms with E-state index in [1.54, 1.807) is 34.6 Å². The summed E-state index contributed by atoms with van der Waals surface area (Å²) in [7, 11) is 0. The summed E-state index contributed by atoms with van der Waals surface area (Å²) in [4.78, 5) is 39.9. The molecule has 3 aromatic rings. The van der Waals surface area contributed by atoms with Gasteiger partial charge in [-0.3, -0.25) is 4.90 Å². The van der Waals surface area contributed by atoms with Crippen LogP contribution < -0.4 is 0 Å². The Balaban J connectivity index is 2.42. The maximum absolute atomic E-state index is 13.2. The molecule has 7 heteroatoms. The van der Waals surface area contributed by atoms with Crippen LogP contribution in [0.1, 0.15) is 52.5 Å². The molecule has 34 heavy (non-hydrogen) atoms. The van der Waals surface area contributed by atoms with Crippen molar-refractivity contribution in [1.82, 2.24) is 4.90 Å². The number of carbonyl (C=O) groups is 3. The van der Waals surface area contributed by atoms with Crippen molar-refractivity contribution in [3.05, 3.63) is 60.2 Å². The lowest BCUT2D eigenvalue weighted by Crippen LogP contribution is -2.65. The number of likely N-dealkylation sites (N-methyl/N-ethyl adjacent to an activating group) is 1. The normalized spacial score (nSPS) is 13.0. The molecule has 1 amide bonds. The van der Waals surface area contributed by atoms with Crippen LogP contribution in [0.15, 0.2) is 54.6 Å². The molecule has 0 aliphatic heterocycles. The zero-order valence-corrected chi connectivity index (χ0v) is 20.2. The fraction of sp³-hybridized carbons (Fsp3) is 0.370. The Hall–Kier alpha value is -3.61. The van der Waals surface area contributed by atoms with Crippen LogP contribution in [0.5, 0.6) is 0 Å². The fourth-order valence-electron chi connectivity index (χ4n) is 4.78. The molecule has 0 aromatic heterocycles. The second-order valence-corrected chi connectivity index (χ2v) is 9.29. The summed E-state index contributed by atoms with van der Waals surface area (Å²) in [6.45, 7) is 8.09. The first-order valence-electron chi connectivity index (χ1n) is 11.4. The second kappa shape index (κ2) is 9.33. The van der Waals surface area contributed by atoms with Crippen molar-refractivity contribution in [2.45, 2.75) is 58.1 Å². The van der Waals surface area contributed by atoms with Crippen molar-refractivity contribution in [2.24, 2.45) is 0 Å². The van der Waals surface area contributed by atoms with Gasteiger partial charge in [0.25, 0.3) is 0 Å². The average molecular weight is 466 g/mol. The van der Waals surface area contributed by atoms with E-state index >= 15 is 0 Å². The molecular weight excluding hydrogens is 434 g/mol. The van der Waals surface area contributed by atoms with Crippen molar-refractivity contribution in [1.29, 1.82) is 0 Å². The van der Waals surface area contributed by atoms with Crippen LogP contribution in [0.2, 0.25) is 0 Å². The molecule has 1 atom stereocenters. The fourth-order valence-corrected chi connectivity index (χ4v) is 4.78. The monoisotopic (exact) mass is 465 g/mol. The van der Waals surface area contributed by atoms with E-state index in [2.05, 4.69) is 0 Å². The topological polar surface area (TPSA) is 104 Å². The first kappa shape index (κ1) is 25.0. The minimum atomic E-state index is -2.58. The summed E-state index contributed by atoms with van der Waals surface area (Å²) in [6, 6.07) is 17.0. The van der Waals surface area contributed by atoms with E-state index in [9.17, 15) is 24.6 Å². The summed E-state index contributed by atoms with van der Waals surface area (Å²) in [5, 5.41) is 24.3. The van der Waals surface area contributed by atoms with Gasteiger partial charge < -0.3 is 14.9 Å². The van der Waals surface area contributed by atoms with Gasteiger partial charge in [0.15, 0.2) is 0 Å². The smallest absolute Gasteiger partial charge is 0.411 e. The molecule has 1 unspecified atom stereocenters. The molecule has 3 rings (SSSR count). The Morgan fingerprint density at radius 1 is 0.882 bits per heavy atom. The summed E-state index contributed by atoms with van der Waals surface area (Å²) in [5.41, 5.74) is -2.93. The number of benzene rings is 3. The van der Waals surface area contributed by atoms with Crippen molar-refractivity contribution < 1.29 is 29.3 Å². The predicted molar refractivity (Wildman–Crippen MR) is 131 cm³/mol. The Labute approximate surface area is 198 Å². The Morgan fingerprint density at radius 2 is 1.35 bits per heavy atom.